The summed E-state index contributed by atoms with van der Waals surface area (Å²) in [5.74, 6) is 0. The molecule has 0 saturated carbocycles. The minimum atomic E-state index is 0.287. The van der Waals surface area contributed by atoms with E-state index in [1.807, 2.05) is 0 Å². The van der Waals surface area contributed by atoms with Crippen LogP contribution >= 0.6 is 0 Å². The summed E-state index contributed by atoms with van der Waals surface area (Å²) in [4.78, 5) is 0. The van der Waals surface area contributed by atoms with Crippen molar-refractivity contribution in [1.29, 1.82) is 0 Å². The van der Waals surface area contributed by atoms with Gasteiger partial charge in [-0.2, -0.15) is 0 Å². The largest absolute Gasteiger partial charge is 0.311 e. The van der Waals surface area contributed by atoms with Gasteiger partial charge in [0.2, 0.25) is 0 Å². The van der Waals surface area contributed by atoms with E-state index in [2.05, 4.69) is 102 Å². The second kappa shape index (κ2) is 9.02. The van der Waals surface area contributed by atoms with Gasteiger partial charge in [-0.1, -0.05) is 91.0 Å². The Morgan fingerprint density at radius 2 is 1.08 bits per heavy atom. The maximum absolute atomic E-state index is 3.68. The second-order valence-electron chi connectivity index (χ2n) is 5.95. The van der Waals surface area contributed by atoms with E-state index in [0.29, 0.717) is 0 Å². The van der Waals surface area contributed by atoms with E-state index >= 15 is 0 Å². The normalized spacial score (nSPS) is 12.0. The van der Waals surface area contributed by atoms with Crippen LogP contribution in [0.4, 0.5) is 0 Å². The topological polar surface area (TPSA) is 24.1 Å². The molecule has 3 rings (SSSR count). The van der Waals surface area contributed by atoms with Crippen molar-refractivity contribution in [3.05, 3.63) is 108 Å². The van der Waals surface area contributed by atoms with Crippen LogP contribution in [0.25, 0.3) is 0 Å². The molecule has 2 N–H and O–H groups in total. The summed E-state index contributed by atoms with van der Waals surface area (Å²) in [6.45, 7) is 2.65. The molecule has 0 aromatic heterocycles. The van der Waals surface area contributed by atoms with Crippen LogP contribution in [-0.2, 0) is 13.1 Å². The third kappa shape index (κ3) is 5.05. The van der Waals surface area contributed by atoms with Gasteiger partial charge in [0.25, 0.3) is 0 Å². The van der Waals surface area contributed by atoms with Gasteiger partial charge in [-0.3, -0.25) is 0 Å². The highest BCUT2D eigenvalue weighted by molar-refractivity contribution is 5.21. The number of nitrogens with one attached hydrogen (secondary N) is 2. The minimum absolute atomic E-state index is 0.287. The first-order valence-electron chi connectivity index (χ1n) is 8.49. The van der Waals surface area contributed by atoms with Gasteiger partial charge in [-0.15, -0.1) is 0 Å². The van der Waals surface area contributed by atoms with E-state index in [1.54, 1.807) is 0 Å². The standard InChI is InChI=1S/C22H24N2/c1-4-10-19(11-5-1)16-23-18-22(21-14-8-3-9-15-21)24-17-20-12-6-2-7-13-20/h1-15,22-24H,16-18H2. The molecule has 1 unspecified atom stereocenters. The van der Waals surface area contributed by atoms with Crippen molar-refractivity contribution >= 4 is 0 Å². The Hall–Kier alpha value is -2.42. The molecule has 2 nitrogen and oxygen atoms in total. The summed E-state index contributed by atoms with van der Waals surface area (Å²) in [5.41, 5.74) is 3.93. The van der Waals surface area contributed by atoms with Crippen molar-refractivity contribution in [3.8, 4) is 0 Å². The van der Waals surface area contributed by atoms with Crippen molar-refractivity contribution in [2.75, 3.05) is 6.54 Å². The molecule has 1 atom stereocenters. The Bertz CT molecular complexity index is 696. The number of hydrogen-bond donors (Lipinski definition) is 2. The molecule has 0 spiro atoms. The maximum atomic E-state index is 3.68. The highest BCUT2D eigenvalue weighted by atomic mass is 15.0. The average Bonchev–Trinajstić information content (AvgIpc) is 2.67. The van der Waals surface area contributed by atoms with Crippen molar-refractivity contribution in [2.45, 2.75) is 19.1 Å². The third-order valence-electron chi connectivity index (χ3n) is 4.12. The maximum Gasteiger partial charge on any atom is 0.0449 e. The molecule has 0 amide bonds. The lowest BCUT2D eigenvalue weighted by Gasteiger charge is -2.20. The lowest BCUT2D eigenvalue weighted by molar-refractivity contribution is 0.488. The van der Waals surface area contributed by atoms with Gasteiger partial charge in [0.15, 0.2) is 0 Å². The van der Waals surface area contributed by atoms with Crippen LogP contribution in [-0.4, -0.2) is 6.54 Å². The quantitative estimate of drug-likeness (QED) is 0.647. The smallest absolute Gasteiger partial charge is 0.0449 e. The van der Waals surface area contributed by atoms with Crippen molar-refractivity contribution in [3.63, 3.8) is 0 Å². The van der Waals surface area contributed by atoms with E-state index < -0.39 is 0 Å². The van der Waals surface area contributed by atoms with Crippen molar-refractivity contribution in [2.24, 2.45) is 0 Å². The molecule has 122 valence electrons. The van der Waals surface area contributed by atoms with Gasteiger partial charge in [0, 0.05) is 25.7 Å². The molecule has 0 radical (unpaired) electrons. The van der Waals surface area contributed by atoms with Crippen molar-refractivity contribution < 1.29 is 0 Å². The zero-order chi connectivity index (χ0) is 16.5. The van der Waals surface area contributed by atoms with E-state index in [9.17, 15) is 0 Å². The van der Waals surface area contributed by atoms with Crippen LogP contribution < -0.4 is 10.6 Å². The molecule has 2 heteroatoms. The van der Waals surface area contributed by atoms with E-state index in [0.717, 1.165) is 19.6 Å². The van der Waals surface area contributed by atoms with Gasteiger partial charge in [-0.25, -0.2) is 0 Å². The van der Waals surface area contributed by atoms with Gasteiger partial charge < -0.3 is 10.6 Å². The lowest BCUT2D eigenvalue weighted by Crippen LogP contribution is -2.31. The molecule has 0 heterocycles. The van der Waals surface area contributed by atoms with E-state index in [4.69, 9.17) is 0 Å². The highest BCUT2D eigenvalue weighted by Crippen LogP contribution is 2.13. The number of benzene rings is 3. The van der Waals surface area contributed by atoms with Gasteiger partial charge >= 0.3 is 0 Å². The SMILES string of the molecule is c1ccc(CNCC(NCc2ccccc2)c2ccccc2)cc1. The van der Waals surface area contributed by atoms with E-state index in [-0.39, 0.29) is 6.04 Å². The number of hydrogen-bond acceptors (Lipinski definition) is 2. The molecule has 24 heavy (non-hydrogen) atoms. The molecule has 0 aliphatic rings. The van der Waals surface area contributed by atoms with Crippen LogP contribution in [0.15, 0.2) is 91.0 Å². The second-order valence-corrected chi connectivity index (χ2v) is 5.95. The molecule has 0 bridgehead atoms. The third-order valence-corrected chi connectivity index (χ3v) is 4.12. The monoisotopic (exact) mass is 316 g/mol. The Kier molecular flexibility index (Phi) is 6.18. The molecule has 0 saturated heterocycles. The summed E-state index contributed by atoms with van der Waals surface area (Å²) in [5, 5.41) is 7.25. The van der Waals surface area contributed by atoms with Crippen LogP contribution in [0.1, 0.15) is 22.7 Å². The Balaban J connectivity index is 1.59. The van der Waals surface area contributed by atoms with E-state index in [1.165, 1.54) is 16.7 Å². The summed E-state index contributed by atoms with van der Waals surface area (Å²) < 4.78 is 0. The molecule has 0 aliphatic heterocycles. The fraction of sp³-hybridized carbons (Fsp3) is 0.182. The van der Waals surface area contributed by atoms with Crippen LogP contribution in [0.3, 0.4) is 0 Å². The van der Waals surface area contributed by atoms with Gasteiger partial charge in [-0.05, 0) is 16.7 Å². The van der Waals surface area contributed by atoms with Crippen LogP contribution in [0.5, 0.6) is 0 Å². The first-order chi connectivity index (χ1) is 11.9. The Morgan fingerprint density at radius 3 is 1.67 bits per heavy atom. The zero-order valence-electron chi connectivity index (χ0n) is 13.9. The molecule has 0 aliphatic carbocycles. The molecular formula is C22H24N2. The van der Waals surface area contributed by atoms with Crippen LogP contribution in [0, 0.1) is 0 Å². The minimum Gasteiger partial charge on any atom is -0.311 e. The van der Waals surface area contributed by atoms with Gasteiger partial charge in [0.1, 0.15) is 0 Å². The number of rotatable bonds is 8. The first-order valence-corrected chi connectivity index (χ1v) is 8.49. The fourth-order valence-electron chi connectivity index (χ4n) is 2.79. The molecular weight excluding hydrogens is 292 g/mol. The zero-order valence-corrected chi connectivity index (χ0v) is 13.9. The molecule has 0 fully saturated rings. The Morgan fingerprint density at radius 1 is 0.583 bits per heavy atom. The van der Waals surface area contributed by atoms with Gasteiger partial charge in [0.05, 0.1) is 0 Å². The lowest BCUT2D eigenvalue weighted by atomic mass is 10.1. The van der Waals surface area contributed by atoms with Crippen molar-refractivity contribution in [1.82, 2.24) is 10.6 Å². The fourth-order valence-corrected chi connectivity index (χ4v) is 2.79. The molecule has 3 aromatic rings. The predicted octanol–water partition coefficient (Wildman–Crippen LogP) is 4.31. The summed E-state index contributed by atoms with van der Waals surface area (Å²) in [6, 6.07) is 32.0. The highest BCUT2D eigenvalue weighted by Gasteiger charge is 2.10. The first kappa shape index (κ1) is 16.4. The molecule has 3 aromatic carbocycles. The predicted molar refractivity (Wildman–Crippen MR) is 101 cm³/mol. The average molecular weight is 316 g/mol. The summed E-state index contributed by atoms with van der Waals surface area (Å²) in [6.07, 6.45) is 0. The summed E-state index contributed by atoms with van der Waals surface area (Å²) in [7, 11) is 0. The van der Waals surface area contributed by atoms with Crippen LogP contribution in [0.2, 0.25) is 0 Å². The Labute approximate surface area is 144 Å². The summed E-state index contributed by atoms with van der Waals surface area (Å²) >= 11 is 0.